The highest BCUT2D eigenvalue weighted by Gasteiger charge is 2.19. The third-order valence-electron chi connectivity index (χ3n) is 5.79. The number of β-amino-alcohol motifs (C(OH)–C–C–N with tert-alkyl or cyclic N) is 1. The fraction of sp³-hybridized carbons (Fsp3) is 0.435. The van der Waals surface area contributed by atoms with Gasteiger partial charge < -0.3 is 10.4 Å². The lowest BCUT2D eigenvalue weighted by Crippen LogP contribution is -2.42. The zero-order valence-corrected chi connectivity index (χ0v) is 15.8. The highest BCUT2D eigenvalue weighted by molar-refractivity contribution is 5.94. The van der Waals surface area contributed by atoms with Gasteiger partial charge in [-0.25, -0.2) is 0 Å². The number of aryl methyl sites for hydroxylation is 2. The number of hydrogen-bond donors (Lipinski definition) is 2. The lowest BCUT2D eigenvalue weighted by molar-refractivity contribution is 0.0841. The summed E-state index contributed by atoms with van der Waals surface area (Å²) in [7, 11) is 0. The van der Waals surface area contributed by atoms with E-state index in [0.29, 0.717) is 12.1 Å². The number of rotatable bonds is 5. The van der Waals surface area contributed by atoms with Crippen molar-refractivity contribution in [2.75, 3.05) is 19.6 Å². The first-order valence-corrected chi connectivity index (χ1v) is 10.1. The first-order valence-electron chi connectivity index (χ1n) is 10.1. The molecule has 2 aliphatic rings. The van der Waals surface area contributed by atoms with Gasteiger partial charge in [0.15, 0.2) is 0 Å². The molecule has 1 aliphatic carbocycles. The van der Waals surface area contributed by atoms with Crippen LogP contribution < -0.4 is 5.32 Å². The smallest absolute Gasteiger partial charge is 0.251 e. The molecule has 1 atom stereocenters. The van der Waals surface area contributed by atoms with Gasteiger partial charge in [-0.3, -0.25) is 9.69 Å². The zero-order valence-electron chi connectivity index (χ0n) is 15.8. The van der Waals surface area contributed by atoms with E-state index in [1.165, 1.54) is 35.1 Å². The second-order valence-electron chi connectivity index (χ2n) is 7.81. The second kappa shape index (κ2) is 8.24. The van der Waals surface area contributed by atoms with Crippen molar-refractivity contribution in [3.8, 4) is 0 Å². The molecule has 0 spiro atoms. The second-order valence-corrected chi connectivity index (χ2v) is 7.81. The van der Waals surface area contributed by atoms with Crippen LogP contribution in [0.2, 0.25) is 0 Å². The Bertz CT molecular complexity index is 818. The molecule has 4 rings (SSSR count). The monoisotopic (exact) mass is 364 g/mol. The molecule has 142 valence electrons. The number of carbonyl (C=O) groups is 1. The summed E-state index contributed by atoms with van der Waals surface area (Å²) in [5, 5.41) is 13.3. The Hall–Kier alpha value is -2.17. The van der Waals surface area contributed by atoms with Crippen LogP contribution in [0, 0.1) is 0 Å². The van der Waals surface area contributed by atoms with E-state index >= 15 is 0 Å². The molecule has 1 heterocycles. The number of fused-ring (bicyclic) bond motifs is 2. The van der Waals surface area contributed by atoms with Gasteiger partial charge in [-0.2, -0.15) is 0 Å². The summed E-state index contributed by atoms with van der Waals surface area (Å²) in [6.07, 6.45) is 5.09. The zero-order chi connectivity index (χ0) is 18.6. The highest BCUT2D eigenvalue weighted by Crippen LogP contribution is 2.22. The van der Waals surface area contributed by atoms with Gasteiger partial charge in [0.1, 0.15) is 0 Å². The van der Waals surface area contributed by atoms with E-state index in [2.05, 4.69) is 40.5 Å². The van der Waals surface area contributed by atoms with Crippen LogP contribution in [0.4, 0.5) is 0 Å². The maximum Gasteiger partial charge on any atom is 0.251 e. The van der Waals surface area contributed by atoms with Crippen LogP contribution >= 0.6 is 0 Å². The summed E-state index contributed by atoms with van der Waals surface area (Å²) in [6, 6.07) is 14.5. The molecule has 2 N–H and O–H groups in total. The number of hydrogen-bond acceptors (Lipinski definition) is 3. The minimum atomic E-state index is -0.558. The Morgan fingerprint density at radius 3 is 2.59 bits per heavy atom. The summed E-state index contributed by atoms with van der Waals surface area (Å²) >= 11 is 0. The number of nitrogens with one attached hydrogen (secondary N) is 1. The normalized spacial score (nSPS) is 17.7. The van der Waals surface area contributed by atoms with E-state index < -0.39 is 6.10 Å². The van der Waals surface area contributed by atoms with Crippen LogP contribution in [0.1, 0.15) is 45.5 Å². The molecule has 4 nitrogen and oxygen atoms in total. The Kier molecular flexibility index (Phi) is 5.55. The minimum Gasteiger partial charge on any atom is -0.390 e. The van der Waals surface area contributed by atoms with Crippen molar-refractivity contribution in [3.05, 3.63) is 70.3 Å². The lowest BCUT2D eigenvalue weighted by Gasteiger charge is -2.30. The molecule has 0 radical (unpaired) electrons. The van der Waals surface area contributed by atoms with Crippen LogP contribution in [0.15, 0.2) is 42.5 Å². The number of benzene rings is 2. The average Bonchev–Trinajstić information content (AvgIpc) is 2.71. The van der Waals surface area contributed by atoms with E-state index in [1.54, 1.807) is 0 Å². The SMILES string of the molecule is O=C(NCC(O)CN1CCc2ccccc2C1)c1ccc2c(c1)CCCC2. The van der Waals surface area contributed by atoms with Crippen molar-refractivity contribution in [2.24, 2.45) is 0 Å². The van der Waals surface area contributed by atoms with Crippen LogP contribution in [-0.2, 0) is 25.8 Å². The molecule has 0 saturated heterocycles. The molecule has 27 heavy (non-hydrogen) atoms. The predicted octanol–water partition coefficient (Wildman–Crippen LogP) is 2.71. The van der Waals surface area contributed by atoms with Crippen LogP contribution in [0.25, 0.3) is 0 Å². The lowest BCUT2D eigenvalue weighted by atomic mass is 9.90. The van der Waals surface area contributed by atoms with Gasteiger partial charge in [0.25, 0.3) is 5.91 Å². The summed E-state index contributed by atoms with van der Waals surface area (Å²) in [5.41, 5.74) is 6.14. The summed E-state index contributed by atoms with van der Waals surface area (Å²) < 4.78 is 0. The van der Waals surface area contributed by atoms with Crippen molar-refractivity contribution in [1.29, 1.82) is 0 Å². The maximum atomic E-state index is 12.5. The van der Waals surface area contributed by atoms with Crippen LogP contribution in [0.3, 0.4) is 0 Å². The Morgan fingerprint density at radius 1 is 1.00 bits per heavy atom. The standard InChI is InChI=1S/C23H28N2O2/c26-22(16-25-12-11-18-6-2-4-8-21(18)15-25)14-24-23(27)20-10-9-17-5-1-3-7-19(17)13-20/h2,4,6,8-10,13,22,26H,1,3,5,7,11-12,14-16H2,(H,24,27). The minimum absolute atomic E-state index is 0.0913. The molecule has 1 aliphatic heterocycles. The Balaban J connectivity index is 1.28. The third kappa shape index (κ3) is 4.40. The van der Waals surface area contributed by atoms with Gasteiger partial charge in [-0.15, -0.1) is 0 Å². The fourth-order valence-electron chi connectivity index (χ4n) is 4.26. The fourth-order valence-corrected chi connectivity index (χ4v) is 4.26. The van der Waals surface area contributed by atoms with Crippen molar-refractivity contribution < 1.29 is 9.90 Å². The molecular weight excluding hydrogens is 336 g/mol. The number of carbonyl (C=O) groups excluding carboxylic acids is 1. The molecule has 2 aromatic carbocycles. The molecule has 1 amide bonds. The average molecular weight is 364 g/mol. The summed E-state index contributed by atoms with van der Waals surface area (Å²) in [4.78, 5) is 14.7. The first kappa shape index (κ1) is 18.2. The number of amides is 1. The molecular formula is C23H28N2O2. The van der Waals surface area contributed by atoms with Gasteiger partial charge in [-0.05, 0) is 66.5 Å². The molecule has 1 unspecified atom stereocenters. The maximum absolute atomic E-state index is 12.5. The highest BCUT2D eigenvalue weighted by atomic mass is 16.3. The molecule has 4 heteroatoms. The predicted molar refractivity (Wildman–Crippen MR) is 107 cm³/mol. The van der Waals surface area contributed by atoms with Crippen LogP contribution in [0.5, 0.6) is 0 Å². The van der Waals surface area contributed by atoms with E-state index in [1.807, 2.05) is 12.1 Å². The topological polar surface area (TPSA) is 52.6 Å². The molecule has 2 aromatic rings. The number of nitrogens with zero attached hydrogens (tertiary/aromatic N) is 1. The Morgan fingerprint density at radius 2 is 1.74 bits per heavy atom. The van der Waals surface area contributed by atoms with Gasteiger partial charge in [-0.1, -0.05) is 30.3 Å². The number of aliphatic hydroxyl groups is 1. The van der Waals surface area contributed by atoms with Gasteiger partial charge in [0.05, 0.1) is 6.10 Å². The Labute approximate surface area is 161 Å². The van der Waals surface area contributed by atoms with E-state index in [9.17, 15) is 9.90 Å². The molecule has 0 aromatic heterocycles. The van der Waals surface area contributed by atoms with Crippen molar-refractivity contribution >= 4 is 5.91 Å². The summed E-state index contributed by atoms with van der Waals surface area (Å²) in [6.45, 7) is 2.69. The molecule has 0 saturated carbocycles. The van der Waals surface area contributed by atoms with Gasteiger partial charge in [0.2, 0.25) is 0 Å². The van der Waals surface area contributed by atoms with E-state index in [-0.39, 0.29) is 12.5 Å². The van der Waals surface area contributed by atoms with Crippen LogP contribution in [-0.4, -0.2) is 41.7 Å². The quantitative estimate of drug-likeness (QED) is 0.858. The summed E-state index contributed by atoms with van der Waals surface area (Å²) in [5.74, 6) is -0.0913. The van der Waals surface area contributed by atoms with Crippen molar-refractivity contribution in [1.82, 2.24) is 10.2 Å². The first-order chi connectivity index (χ1) is 13.2. The number of aliphatic hydroxyl groups excluding tert-OH is 1. The van der Waals surface area contributed by atoms with E-state index in [0.717, 1.165) is 32.4 Å². The van der Waals surface area contributed by atoms with Gasteiger partial charge >= 0.3 is 0 Å². The van der Waals surface area contributed by atoms with E-state index in [4.69, 9.17) is 0 Å². The molecule has 0 fully saturated rings. The van der Waals surface area contributed by atoms with Crippen molar-refractivity contribution in [2.45, 2.75) is 44.8 Å². The van der Waals surface area contributed by atoms with Gasteiger partial charge in [0, 0.05) is 31.7 Å². The van der Waals surface area contributed by atoms with Crippen molar-refractivity contribution in [3.63, 3.8) is 0 Å². The largest absolute Gasteiger partial charge is 0.390 e. The third-order valence-corrected chi connectivity index (χ3v) is 5.79. The molecule has 0 bridgehead atoms.